The Morgan fingerprint density at radius 3 is 1.00 bits per heavy atom. The molecule has 1 amide bonds. The molecule has 0 fully saturated rings. The first-order valence-electron chi connectivity index (χ1n) is 12.7. The van der Waals surface area contributed by atoms with Gasteiger partial charge in [-0.3, -0.25) is 0 Å². The van der Waals surface area contributed by atoms with E-state index in [1.54, 1.807) is 4.90 Å². The van der Waals surface area contributed by atoms with Gasteiger partial charge in [0.1, 0.15) is 0 Å². The number of carboxylic acid groups (broad SMARTS) is 1. The molecule has 0 saturated carbocycles. The minimum absolute atomic E-state index is 0.725. The highest BCUT2D eigenvalue weighted by atomic mass is 16.4. The number of carbonyl (C=O) groups is 1. The topological polar surface area (TPSA) is 40.5 Å². The zero-order chi connectivity index (χ0) is 20.7. The normalized spacial score (nSPS) is 11.1. The van der Waals surface area contributed by atoms with Crippen LogP contribution in [-0.4, -0.2) is 29.2 Å². The molecule has 0 aromatic rings. The van der Waals surface area contributed by atoms with Crippen molar-refractivity contribution in [2.45, 2.75) is 142 Å². The van der Waals surface area contributed by atoms with Crippen LogP contribution >= 0.6 is 0 Å². The Morgan fingerprint density at radius 1 is 0.500 bits per heavy atom. The molecule has 0 aliphatic rings. The Hall–Kier alpha value is -0.730. The molecule has 3 nitrogen and oxygen atoms in total. The van der Waals surface area contributed by atoms with Crippen LogP contribution in [0.15, 0.2) is 0 Å². The summed E-state index contributed by atoms with van der Waals surface area (Å²) >= 11 is 0. The Morgan fingerprint density at radius 2 is 0.750 bits per heavy atom. The molecule has 0 aliphatic heterocycles. The average Bonchev–Trinajstić information content (AvgIpc) is 2.68. The van der Waals surface area contributed by atoms with Crippen LogP contribution in [0.4, 0.5) is 4.79 Å². The summed E-state index contributed by atoms with van der Waals surface area (Å²) in [6.45, 7) is 5.97. The summed E-state index contributed by atoms with van der Waals surface area (Å²) in [4.78, 5) is 13.1. The van der Waals surface area contributed by atoms with Crippen molar-refractivity contribution in [1.82, 2.24) is 4.90 Å². The molecule has 0 rings (SSSR count). The lowest BCUT2D eigenvalue weighted by atomic mass is 10.1. The van der Waals surface area contributed by atoms with Crippen molar-refractivity contribution < 1.29 is 9.90 Å². The van der Waals surface area contributed by atoms with E-state index in [1.165, 1.54) is 116 Å². The summed E-state index contributed by atoms with van der Waals surface area (Å²) in [5.74, 6) is 0. The van der Waals surface area contributed by atoms with Gasteiger partial charge in [-0.2, -0.15) is 0 Å². The van der Waals surface area contributed by atoms with Crippen LogP contribution in [0, 0.1) is 0 Å². The molecule has 0 saturated heterocycles. The lowest BCUT2D eigenvalue weighted by molar-refractivity contribution is 0.143. The molecule has 0 aliphatic carbocycles. The van der Waals surface area contributed by atoms with E-state index in [2.05, 4.69) is 13.8 Å². The highest BCUT2D eigenvalue weighted by Gasteiger charge is 2.10. The van der Waals surface area contributed by atoms with Gasteiger partial charge in [-0.25, -0.2) is 4.79 Å². The second-order valence-electron chi connectivity index (χ2n) is 8.63. The van der Waals surface area contributed by atoms with Crippen LogP contribution in [0.5, 0.6) is 0 Å². The molecule has 0 radical (unpaired) electrons. The van der Waals surface area contributed by atoms with E-state index < -0.39 is 6.09 Å². The predicted molar refractivity (Wildman–Crippen MR) is 123 cm³/mol. The SMILES string of the molecule is CCCCCCCCCCCCN(CCCCCCCCCCCC)C(=O)O. The number of nitrogens with zero attached hydrogens (tertiary/aromatic N) is 1. The third-order valence-corrected chi connectivity index (χ3v) is 5.83. The first-order valence-corrected chi connectivity index (χ1v) is 12.7. The standard InChI is InChI=1S/C25H51NO2/c1-3-5-7-9-11-13-15-17-19-21-23-26(25(27)28)24-22-20-18-16-14-12-10-8-6-4-2/h3-24H2,1-2H3,(H,27,28). The van der Waals surface area contributed by atoms with Crippen molar-refractivity contribution in [3.63, 3.8) is 0 Å². The highest BCUT2D eigenvalue weighted by Crippen LogP contribution is 2.13. The summed E-state index contributed by atoms with van der Waals surface area (Å²) in [5.41, 5.74) is 0. The molecule has 3 heteroatoms. The number of rotatable bonds is 22. The molecule has 0 bridgehead atoms. The van der Waals surface area contributed by atoms with Crippen LogP contribution in [0.2, 0.25) is 0 Å². The van der Waals surface area contributed by atoms with Gasteiger partial charge in [0.15, 0.2) is 0 Å². The lowest BCUT2D eigenvalue weighted by Crippen LogP contribution is -2.31. The molecular weight excluding hydrogens is 346 g/mol. The Bertz CT molecular complexity index is 296. The van der Waals surface area contributed by atoms with Crippen LogP contribution in [0.25, 0.3) is 0 Å². The minimum Gasteiger partial charge on any atom is -0.465 e. The highest BCUT2D eigenvalue weighted by molar-refractivity contribution is 5.64. The van der Waals surface area contributed by atoms with Gasteiger partial charge in [0.05, 0.1) is 0 Å². The van der Waals surface area contributed by atoms with Crippen molar-refractivity contribution in [3.8, 4) is 0 Å². The molecule has 1 N–H and O–H groups in total. The Balaban J connectivity index is 3.45. The van der Waals surface area contributed by atoms with Gasteiger partial charge in [0.2, 0.25) is 0 Å². The Kier molecular flexibility index (Phi) is 22.0. The maximum absolute atomic E-state index is 11.4. The first-order chi connectivity index (χ1) is 13.7. The van der Waals surface area contributed by atoms with Crippen LogP contribution in [0.1, 0.15) is 142 Å². The molecule has 0 aromatic carbocycles. The third kappa shape index (κ3) is 20.0. The fourth-order valence-electron chi connectivity index (χ4n) is 3.88. The maximum atomic E-state index is 11.4. The molecule has 0 atom stereocenters. The van der Waals surface area contributed by atoms with Gasteiger partial charge in [-0.1, -0.05) is 129 Å². The van der Waals surface area contributed by atoms with E-state index in [0.717, 1.165) is 25.9 Å². The number of amides is 1. The van der Waals surface area contributed by atoms with Gasteiger partial charge in [0, 0.05) is 13.1 Å². The third-order valence-electron chi connectivity index (χ3n) is 5.83. The molecule has 28 heavy (non-hydrogen) atoms. The molecule has 0 aromatic heterocycles. The van der Waals surface area contributed by atoms with E-state index in [4.69, 9.17) is 0 Å². The average molecular weight is 398 g/mol. The van der Waals surface area contributed by atoms with E-state index in [9.17, 15) is 9.90 Å². The summed E-state index contributed by atoms with van der Waals surface area (Å²) in [6.07, 6.45) is 25.3. The largest absolute Gasteiger partial charge is 0.465 e. The zero-order valence-corrected chi connectivity index (χ0v) is 19.4. The van der Waals surface area contributed by atoms with Crippen molar-refractivity contribution in [3.05, 3.63) is 0 Å². The van der Waals surface area contributed by atoms with Crippen LogP contribution in [-0.2, 0) is 0 Å². The van der Waals surface area contributed by atoms with Crippen molar-refractivity contribution in [1.29, 1.82) is 0 Å². The molecule has 168 valence electrons. The number of hydrogen-bond donors (Lipinski definition) is 1. The maximum Gasteiger partial charge on any atom is 0.407 e. The van der Waals surface area contributed by atoms with Crippen LogP contribution in [0.3, 0.4) is 0 Å². The van der Waals surface area contributed by atoms with Gasteiger partial charge in [0.25, 0.3) is 0 Å². The fraction of sp³-hybridized carbons (Fsp3) is 0.960. The molecule has 0 spiro atoms. The van der Waals surface area contributed by atoms with Gasteiger partial charge in [-0.05, 0) is 12.8 Å². The predicted octanol–water partition coefficient (Wildman–Crippen LogP) is 8.81. The minimum atomic E-state index is -0.730. The van der Waals surface area contributed by atoms with Gasteiger partial charge in [-0.15, -0.1) is 0 Å². The van der Waals surface area contributed by atoms with E-state index in [1.807, 2.05) is 0 Å². The molecule has 0 unspecified atom stereocenters. The fourth-order valence-corrected chi connectivity index (χ4v) is 3.88. The van der Waals surface area contributed by atoms with Crippen molar-refractivity contribution in [2.24, 2.45) is 0 Å². The lowest BCUT2D eigenvalue weighted by Gasteiger charge is -2.19. The summed E-state index contributed by atoms with van der Waals surface area (Å²) < 4.78 is 0. The van der Waals surface area contributed by atoms with E-state index in [-0.39, 0.29) is 0 Å². The number of hydrogen-bond acceptors (Lipinski definition) is 1. The van der Waals surface area contributed by atoms with E-state index in [0.29, 0.717) is 0 Å². The summed E-state index contributed by atoms with van der Waals surface area (Å²) in [5, 5.41) is 9.39. The second kappa shape index (κ2) is 22.6. The quantitative estimate of drug-likeness (QED) is 0.185. The summed E-state index contributed by atoms with van der Waals surface area (Å²) in [6, 6.07) is 0. The van der Waals surface area contributed by atoms with Gasteiger partial charge >= 0.3 is 6.09 Å². The smallest absolute Gasteiger partial charge is 0.407 e. The zero-order valence-electron chi connectivity index (χ0n) is 19.4. The van der Waals surface area contributed by atoms with Crippen molar-refractivity contribution in [2.75, 3.05) is 13.1 Å². The monoisotopic (exact) mass is 397 g/mol. The van der Waals surface area contributed by atoms with E-state index >= 15 is 0 Å². The Labute approximate surface area is 176 Å². The molecular formula is C25H51NO2. The number of unbranched alkanes of at least 4 members (excludes halogenated alkanes) is 18. The molecule has 0 heterocycles. The van der Waals surface area contributed by atoms with Crippen molar-refractivity contribution >= 4 is 6.09 Å². The second-order valence-corrected chi connectivity index (χ2v) is 8.63. The van der Waals surface area contributed by atoms with Crippen LogP contribution < -0.4 is 0 Å². The summed E-state index contributed by atoms with van der Waals surface area (Å²) in [7, 11) is 0. The van der Waals surface area contributed by atoms with Gasteiger partial charge < -0.3 is 10.0 Å². The first kappa shape index (κ1) is 27.3.